The van der Waals surface area contributed by atoms with Crippen molar-refractivity contribution in [3.8, 4) is 0 Å². The summed E-state index contributed by atoms with van der Waals surface area (Å²) < 4.78 is 11.2. The van der Waals surface area contributed by atoms with Crippen LogP contribution in [0.3, 0.4) is 0 Å². The Morgan fingerprint density at radius 1 is 1.47 bits per heavy atom. The summed E-state index contributed by atoms with van der Waals surface area (Å²) >= 11 is 0. The van der Waals surface area contributed by atoms with E-state index in [0.717, 1.165) is 0 Å². The molecule has 0 aliphatic carbocycles. The average Bonchev–Trinajstić information content (AvgIpc) is 2.48. The fourth-order valence-corrected chi connectivity index (χ4v) is 1.43. The molecule has 0 aromatic rings. The summed E-state index contributed by atoms with van der Waals surface area (Å²) in [5.41, 5.74) is 8.09. The molecule has 1 aliphatic rings. The molecule has 1 rings (SSSR count). The summed E-state index contributed by atoms with van der Waals surface area (Å²) in [6.45, 7) is 7.71. The van der Waals surface area contributed by atoms with Crippen molar-refractivity contribution in [2.24, 2.45) is 5.11 Å². The van der Waals surface area contributed by atoms with Gasteiger partial charge in [0.1, 0.15) is 12.2 Å². The Bertz CT molecular complexity index is 306. The first-order chi connectivity index (χ1) is 7.09. The smallest absolute Gasteiger partial charge is 0.164 e. The number of nitrogens with zero attached hydrogens (tertiary/aromatic N) is 3. The third kappa shape index (κ3) is 3.40. The Labute approximate surface area is 89.0 Å². The summed E-state index contributed by atoms with van der Waals surface area (Å²) in [6.07, 6.45) is 4.98. The molecular weight excluding hydrogens is 194 g/mol. The minimum Gasteiger partial charge on any atom is -0.340 e. The van der Waals surface area contributed by atoms with Crippen LogP contribution in [0.15, 0.2) is 29.9 Å². The normalized spacial score (nSPS) is 28.9. The van der Waals surface area contributed by atoms with Crippen LogP contribution in [0, 0.1) is 0 Å². The third-order valence-corrected chi connectivity index (χ3v) is 1.97. The van der Waals surface area contributed by atoms with Gasteiger partial charge in [-0.2, -0.15) is 0 Å². The minimum absolute atomic E-state index is 0.151. The maximum atomic E-state index is 8.09. The van der Waals surface area contributed by atoms with Crippen LogP contribution >= 0.6 is 0 Å². The molecule has 0 bridgehead atoms. The molecule has 0 saturated carbocycles. The fraction of sp³-hybridized carbons (Fsp3) is 0.600. The molecule has 0 amide bonds. The van der Waals surface area contributed by atoms with Gasteiger partial charge < -0.3 is 9.47 Å². The van der Waals surface area contributed by atoms with Crippen LogP contribution in [-0.2, 0) is 9.47 Å². The first kappa shape index (κ1) is 11.8. The van der Waals surface area contributed by atoms with Crippen LogP contribution in [0.1, 0.15) is 13.8 Å². The highest BCUT2D eigenvalue weighted by Crippen LogP contribution is 2.29. The van der Waals surface area contributed by atoms with Crippen molar-refractivity contribution in [1.29, 1.82) is 0 Å². The maximum absolute atomic E-state index is 8.09. The second-order valence-electron chi connectivity index (χ2n) is 3.64. The van der Waals surface area contributed by atoms with Crippen molar-refractivity contribution >= 4 is 0 Å². The monoisotopic (exact) mass is 209 g/mol. The van der Waals surface area contributed by atoms with E-state index >= 15 is 0 Å². The van der Waals surface area contributed by atoms with E-state index in [2.05, 4.69) is 16.6 Å². The molecule has 1 saturated heterocycles. The molecule has 1 fully saturated rings. The molecule has 2 atom stereocenters. The average molecular weight is 209 g/mol. The second kappa shape index (κ2) is 4.98. The van der Waals surface area contributed by atoms with E-state index in [1.165, 1.54) is 0 Å². The quantitative estimate of drug-likeness (QED) is 0.309. The lowest BCUT2D eigenvalue weighted by Gasteiger charge is -2.15. The van der Waals surface area contributed by atoms with Gasteiger partial charge in [-0.15, -0.1) is 6.58 Å². The topological polar surface area (TPSA) is 67.2 Å². The van der Waals surface area contributed by atoms with E-state index in [1.807, 2.05) is 19.9 Å². The van der Waals surface area contributed by atoms with Crippen molar-refractivity contribution < 1.29 is 9.47 Å². The Kier molecular flexibility index (Phi) is 3.91. The molecule has 1 aliphatic heterocycles. The summed E-state index contributed by atoms with van der Waals surface area (Å²) in [5, 5.41) is 3.39. The van der Waals surface area contributed by atoms with Gasteiger partial charge in [0.05, 0.1) is 0 Å². The van der Waals surface area contributed by atoms with Gasteiger partial charge >= 0.3 is 0 Å². The lowest BCUT2D eigenvalue weighted by atomic mass is 10.2. The van der Waals surface area contributed by atoms with Crippen LogP contribution in [0.2, 0.25) is 0 Å². The van der Waals surface area contributed by atoms with Crippen LogP contribution in [0.25, 0.3) is 10.4 Å². The highest BCUT2D eigenvalue weighted by molar-refractivity contribution is 5.04. The molecule has 1 heterocycles. The lowest BCUT2D eigenvalue weighted by molar-refractivity contribution is -0.138. The predicted octanol–water partition coefficient (Wildman–Crippen LogP) is 2.56. The zero-order chi connectivity index (χ0) is 11.3. The van der Waals surface area contributed by atoms with Crippen molar-refractivity contribution in [2.45, 2.75) is 31.8 Å². The summed E-state index contributed by atoms with van der Waals surface area (Å²) in [7, 11) is 0. The van der Waals surface area contributed by atoms with Gasteiger partial charge in [0.25, 0.3) is 0 Å². The van der Waals surface area contributed by atoms with Gasteiger partial charge in [0, 0.05) is 11.5 Å². The highest BCUT2D eigenvalue weighted by Gasteiger charge is 2.37. The summed E-state index contributed by atoms with van der Waals surface area (Å²) in [5.74, 6) is -0.591. The van der Waals surface area contributed by atoms with E-state index in [-0.39, 0.29) is 12.2 Å². The molecule has 15 heavy (non-hydrogen) atoms. The van der Waals surface area contributed by atoms with Gasteiger partial charge in [0.15, 0.2) is 5.79 Å². The van der Waals surface area contributed by atoms with E-state index in [0.29, 0.717) is 6.54 Å². The van der Waals surface area contributed by atoms with E-state index < -0.39 is 5.79 Å². The number of azide groups is 1. The molecule has 5 heteroatoms. The Morgan fingerprint density at radius 2 is 2.13 bits per heavy atom. The van der Waals surface area contributed by atoms with Gasteiger partial charge in [-0.3, -0.25) is 0 Å². The maximum Gasteiger partial charge on any atom is 0.164 e. The number of hydrogen-bond acceptors (Lipinski definition) is 3. The standard InChI is InChI=1S/C10H15N3O2/c1-4-8-9(6-5-7-12-13-11)15-10(2,3)14-8/h4-6,8-9H,1,7H2,2-3H3/b6-5+/t8-,9-/m1/s1. The van der Waals surface area contributed by atoms with Gasteiger partial charge in [-0.05, 0) is 19.4 Å². The van der Waals surface area contributed by atoms with E-state index in [1.54, 1.807) is 12.2 Å². The molecule has 0 radical (unpaired) electrons. The predicted molar refractivity (Wildman–Crippen MR) is 57.2 cm³/mol. The van der Waals surface area contributed by atoms with Gasteiger partial charge in [-0.25, -0.2) is 0 Å². The van der Waals surface area contributed by atoms with Crippen molar-refractivity contribution in [1.82, 2.24) is 0 Å². The molecule has 0 aromatic heterocycles. The molecule has 0 aromatic carbocycles. The first-order valence-corrected chi connectivity index (χ1v) is 4.75. The second-order valence-corrected chi connectivity index (χ2v) is 3.64. The van der Waals surface area contributed by atoms with Gasteiger partial charge in [0.2, 0.25) is 0 Å². The van der Waals surface area contributed by atoms with Crippen LogP contribution in [-0.4, -0.2) is 24.5 Å². The van der Waals surface area contributed by atoms with Crippen LogP contribution < -0.4 is 0 Å². The Morgan fingerprint density at radius 3 is 2.73 bits per heavy atom. The zero-order valence-electron chi connectivity index (χ0n) is 8.96. The molecule has 5 nitrogen and oxygen atoms in total. The number of ether oxygens (including phenoxy) is 2. The van der Waals surface area contributed by atoms with E-state index in [9.17, 15) is 0 Å². The molecular formula is C10H15N3O2. The highest BCUT2D eigenvalue weighted by atomic mass is 16.7. The van der Waals surface area contributed by atoms with E-state index in [4.69, 9.17) is 15.0 Å². The van der Waals surface area contributed by atoms with Crippen molar-refractivity contribution in [3.05, 3.63) is 35.2 Å². The van der Waals surface area contributed by atoms with Gasteiger partial charge in [-0.1, -0.05) is 23.3 Å². The van der Waals surface area contributed by atoms with Crippen molar-refractivity contribution in [2.75, 3.05) is 6.54 Å². The molecule has 0 N–H and O–H groups in total. The van der Waals surface area contributed by atoms with Crippen molar-refractivity contribution in [3.63, 3.8) is 0 Å². The zero-order valence-corrected chi connectivity index (χ0v) is 8.96. The minimum atomic E-state index is -0.591. The Hall–Kier alpha value is -1.29. The SMILES string of the molecule is C=C[C@H]1OC(C)(C)O[C@@H]1/C=C/CN=[N+]=[N-]. The largest absolute Gasteiger partial charge is 0.340 e. The third-order valence-electron chi connectivity index (χ3n) is 1.97. The number of hydrogen-bond donors (Lipinski definition) is 0. The number of rotatable bonds is 4. The lowest BCUT2D eigenvalue weighted by Crippen LogP contribution is -2.20. The molecule has 0 unspecified atom stereocenters. The fourth-order valence-electron chi connectivity index (χ4n) is 1.43. The summed E-state index contributed by atoms with van der Waals surface area (Å²) in [4.78, 5) is 2.65. The van der Waals surface area contributed by atoms with Crippen LogP contribution in [0.5, 0.6) is 0 Å². The Balaban J connectivity index is 2.57. The first-order valence-electron chi connectivity index (χ1n) is 4.75. The molecule has 82 valence electrons. The molecule has 0 spiro atoms. The van der Waals surface area contributed by atoms with Crippen LogP contribution in [0.4, 0.5) is 0 Å². The summed E-state index contributed by atoms with van der Waals surface area (Å²) in [6, 6.07) is 0.